The van der Waals surface area contributed by atoms with Gasteiger partial charge in [0.2, 0.25) is 0 Å². The fourth-order valence-corrected chi connectivity index (χ4v) is 4.06. The lowest BCUT2D eigenvalue weighted by atomic mass is 9.89. The molecule has 1 amide bonds. The normalized spacial score (nSPS) is 15.2. The van der Waals surface area contributed by atoms with Crippen LogP contribution in [0, 0.1) is 0 Å². The molecule has 0 heterocycles. The van der Waals surface area contributed by atoms with Crippen LogP contribution in [-0.4, -0.2) is 33.7 Å². The van der Waals surface area contributed by atoms with E-state index in [1.165, 1.54) is 36.0 Å². The van der Waals surface area contributed by atoms with Crippen LogP contribution in [0.4, 0.5) is 0 Å². The minimum atomic E-state index is 0.0121. The van der Waals surface area contributed by atoms with E-state index >= 15 is 0 Å². The maximum absolute atomic E-state index is 12.6. The first kappa shape index (κ1) is 21.2. The summed E-state index contributed by atoms with van der Waals surface area (Å²) in [4.78, 5) is 13.7. The lowest BCUT2D eigenvalue weighted by Crippen LogP contribution is -3.08. The van der Waals surface area contributed by atoms with Crippen LogP contribution in [0.1, 0.15) is 48.1 Å². The standard InChI is InChI=1S/C24H32N2O3/c1-17(19-10-9-18-7-5-6-8-20(18)13-19)25-24(27)16-26(2)15-21-11-12-22(28-3)14-23(21)29-4/h9-14,17H,5-8,15-16H2,1-4H3,(H,25,27)/p+1/t17-/m0/s1. The summed E-state index contributed by atoms with van der Waals surface area (Å²) >= 11 is 0. The minimum Gasteiger partial charge on any atom is -0.497 e. The zero-order valence-corrected chi connectivity index (χ0v) is 18.0. The summed E-state index contributed by atoms with van der Waals surface area (Å²) < 4.78 is 10.7. The number of nitrogens with one attached hydrogen (secondary N) is 2. The number of aryl methyl sites for hydroxylation is 2. The third-order valence-corrected chi connectivity index (χ3v) is 5.70. The van der Waals surface area contributed by atoms with E-state index in [1.54, 1.807) is 14.2 Å². The molecule has 0 fully saturated rings. The fourth-order valence-electron chi connectivity index (χ4n) is 4.06. The maximum atomic E-state index is 12.6. The molecule has 0 bridgehead atoms. The molecule has 0 saturated carbocycles. The van der Waals surface area contributed by atoms with Crippen LogP contribution in [0.2, 0.25) is 0 Å². The monoisotopic (exact) mass is 397 g/mol. The van der Waals surface area contributed by atoms with Crippen LogP contribution in [0.15, 0.2) is 36.4 Å². The van der Waals surface area contributed by atoms with Gasteiger partial charge >= 0.3 is 0 Å². The molecule has 2 aromatic carbocycles. The number of hydrogen-bond donors (Lipinski definition) is 2. The van der Waals surface area contributed by atoms with Crippen molar-refractivity contribution in [1.29, 1.82) is 0 Å². The van der Waals surface area contributed by atoms with E-state index < -0.39 is 0 Å². The molecule has 1 aliphatic carbocycles. The second kappa shape index (κ2) is 9.79. The number of carbonyl (C=O) groups is 1. The van der Waals surface area contributed by atoms with Gasteiger partial charge in [0.15, 0.2) is 6.54 Å². The largest absolute Gasteiger partial charge is 0.497 e. The lowest BCUT2D eigenvalue weighted by Gasteiger charge is -2.21. The first-order chi connectivity index (χ1) is 14.0. The van der Waals surface area contributed by atoms with E-state index in [0.717, 1.165) is 28.4 Å². The summed E-state index contributed by atoms with van der Waals surface area (Å²) in [5, 5.41) is 3.16. The molecule has 2 atom stereocenters. The third-order valence-electron chi connectivity index (χ3n) is 5.70. The Morgan fingerprint density at radius 2 is 1.83 bits per heavy atom. The van der Waals surface area contributed by atoms with E-state index in [-0.39, 0.29) is 11.9 Å². The Hall–Kier alpha value is -2.53. The van der Waals surface area contributed by atoms with Gasteiger partial charge in [0.25, 0.3) is 5.91 Å². The molecule has 156 valence electrons. The highest BCUT2D eigenvalue weighted by Crippen LogP contribution is 2.25. The first-order valence-electron chi connectivity index (χ1n) is 10.4. The quantitative estimate of drug-likeness (QED) is 0.720. The molecule has 0 spiro atoms. The highest BCUT2D eigenvalue weighted by atomic mass is 16.5. The lowest BCUT2D eigenvalue weighted by molar-refractivity contribution is -0.885. The van der Waals surface area contributed by atoms with Crippen LogP contribution in [-0.2, 0) is 24.2 Å². The Bertz CT molecular complexity index is 850. The van der Waals surface area contributed by atoms with Gasteiger partial charge in [-0.05, 0) is 61.4 Å². The predicted octanol–water partition coefficient (Wildman–Crippen LogP) is 2.47. The second-order valence-corrected chi connectivity index (χ2v) is 8.01. The summed E-state index contributed by atoms with van der Waals surface area (Å²) in [7, 11) is 5.31. The summed E-state index contributed by atoms with van der Waals surface area (Å²) in [6.45, 7) is 3.17. The number of hydrogen-bond acceptors (Lipinski definition) is 3. The minimum absolute atomic E-state index is 0.0121. The van der Waals surface area contributed by atoms with Crippen molar-refractivity contribution in [1.82, 2.24) is 5.32 Å². The van der Waals surface area contributed by atoms with Crippen molar-refractivity contribution in [2.75, 3.05) is 27.8 Å². The Morgan fingerprint density at radius 3 is 2.55 bits per heavy atom. The van der Waals surface area contributed by atoms with Crippen molar-refractivity contribution in [2.24, 2.45) is 0 Å². The molecule has 2 aromatic rings. The number of fused-ring (bicyclic) bond motifs is 1. The Morgan fingerprint density at radius 1 is 1.07 bits per heavy atom. The number of methoxy groups -OCH3 is 2. The van der Waals surface area contributed by atoms with Gasteiger partial charge in [-0.1, -0.05) is 18.2 Å². The summed E-state index contributed by atoms with van der Waals surface area (Å²) in [5.41, 5.74) is 5.16. The number of amides is 1. The van der Waals surface area contributed by atoms with E-state index in [2.05, 4.69) is 30.4 Å². The summed E-state index contributed by atoms with van der Waals surface area (Å²) in [6.07, 6.45) is 4.88. The van der Waals surface area contributed by atoms with E-state index in [9.17, 15) is 4.79 Å². The highest BCUT2D eigenvalue weighted by Gasteiger charge is 2.17. The molecular formula is C24H33N2O3+. The summed E-state index contributed by atoms with van der Waals surface area (Å²) in [6, 6.07) is 12.5. The van der Waals surface area contributed by atoms with Gasteiger partial charge in [0.05, 0.1) is 27.3 Å². The van der Waals surface area contributed by atoms with Gasteiger partial charge in [-0.15, -0.1) is 0 Å². The van der Waals surface area contributed by atoms with E-state index in [0.29, 0.717) is 13.1 Å². The number of rotatable bonds is 8. The highest BCUT2D eigenvalue weighted by molar-refractivity contribution is 5.77. The molecule has 1 aliphatic rings. The van der Waals surface area contributed by atoms with Gasteiger partial charge < -0.3 is 19.7 Å². The molecule has 0 radical (unpaired) electrons. The van der Waals surface area contributed by atoms with Crippen molar-refractivity contribution < 1.29 is 19.2 Å². The number of benzene rings is 2. The molecule has 2 N–H and O–H groups in total. The van der Waals surface area contributed by atoms with Crippen molar-refractivity contribution in [3.05, 3.63) is 58.7 Å². The molecule has 0 saturated heterocycles. The zero-order chi connectivity index (χ0) is 20.8. The Kier molecular flexibility index (Phi) is 7.15. The van der Waals surface area contributed by atoms with Crippen molar-refractivity contribution in [3.63, 3.8) is 0 Å². The molecule has 3 rings (SSSR count). The molecule has 1 unspecified atom stereocenters. The Balaban J connectivity index is 1.56. The van der Waals surface area contributed by atoms with E-state index in [4.69, 9.17) is 9.47 Å². The number of carbonyl (C=O) groups excluding carboxylic acids is 1. The van der Waals surface area contributed by atoms with Gasteiger partial charge in [-0.2, -0.15) is 0 Å². The van der Waals surface area contributed by atoms with Crippen molar-refractivity contribution in [3.8, 4) is 11.5 Å². The number of ether oxygens (including phenoxy) is 2. The first-order valence-corrected chi connectivity index (χ1v) is 10.4. The smallest absolute Gasteiger partial charge is 0.275 e. The van der Waals surface area contributed by atoms with Crippen molar-refractivity contribution >= 4 is 5.91 Å². The van der Waals surface area contributed by atoms with E-state index in [1.807, 2.05) is 25.2 Å². The van der Waals surface area contributed by atoms with Crippen LogP contribution >= 0.6 is 0 Å². The van der Waals surface area contributed by atoms with Gasteiger partial charge in [0.1, 0.15) is 18.0 Å². The molecule has 5 nitrogen and oxygen atoms in total. The molecule has 5 heteroatoms. The molecule has 29 heavy (non-hydrogen) atoms. The predicted molar refractivity (Wildman–Crippen MR) is 115 cm³/mol. The second-order valence-electron chi connectivity index (χ2n) is 8.01. The van der Waals surface area contributed by atoms with Crippen molar-refractivity contribution in [2.45, 2.75) is 45.2 Å². The number of quaternary nitrogens is 1. The zero-order valence-electron chi connectivity index (χ0n) is 18.0. The van der Waals surface area contributed by atoms with Gasteiger partial charge in [-0.25, -0.2) is 0 Å². The third kappa shape index (κ3) is 5.51. The maximum Gasteiger partial charge on any atom is 0.275 e. The molecular weight excluding hydrogens is 364 g/mol. The average molecular weight is 398 g/mol. The van der Waals surface area contributed by atoms with Crippen LogP contribution < -0.4 is 19.7 Å². The average Bonchev–Trinajstić information content (AvgIpc) is 2.73. The molecule has 0 aromatic heterocycles. The Labute approximate surface area is 174 Å². The SMILES string of the molecule is COc1ccc(C[NH+](C)CC(=O)N[C@@H](C)c2ccc3c(c2)CCCC3)c(OC)c1. The molecule has 0 aliphatic heterocycles. The fraction of sp³-hybridized carbons (Fsp3) is 0.458. The van der Waals surface area contributed by atoms with Crippen LogP contribution in [0.5, 0.6) is 11.5 Å². The van der Waals surface area contributed by atoms with Crippen LogP contribution in [0.25, 0.3) is 0 Å². The summed E-state index contributed by atoms with van der Waals surface area (Å²) in [5.74, 6) is 1.60. The van der Waals surface area contributed by atoms with Gasteiger partial charge in [-0.3, -0.25) is 4.79 Å². The van der Waals surface area contributed by atoms with Gasteiger partial charge in [0, 0.05) is 11.6 Å². The number of likely N-dealkylation sites (N-methyl/N-ethyl adjacent to an activating group) is 1. The van der Waals surface area contributed by atoms with Crippen LogP contribution in [0.3, 0.4) is 0 Å². The topological polar surface area (TPSA) is 52.0 Å².